The van der Waals surface area contributed by atoms with Crippen LogP contribution < -0.4 is 10.6 Å². The average Bonchev–Trinajstić information content (AvgIpc) is 2.90. The van der Waals surface area contributed by atoms with Crippen molar-refractivity contribution < 1.29 is 17.9 Å². The summed E-state index contributed by atoms with van der Waals surface area (Å²) in [4.78, 5) is 6.90. The fraction of sp³-hybridized carbons (Fsp3) is 0.667. The number of nitrogens with one attached hydrogen (secondary N) is 2. The lowest BCUT2D eigenvalue weighted by Gasteiger charge is -2.12. The molecule has 1 unspecified atom stereocenters. The molecule has 1 aromatic heterocycles. The van der Waals surface area contributed by atoms with E-state index in [2.05, 4.69) is 20.6 Å². The molecule has 5 nitrogen and oxygen atoms in total. The van der Waals surface area contributed by atoms with Crippen molar-refractivity contribution in [2.45, 2.75) is 19.0 Å². The Morgan fingerprint density at radius 1 is 1.35 bits per heavy atom. The third kappa shape index (κ3) is 3.96. The second-order valence-corrected chi connectivity index (χ2v) is 4.65. The Kier molecular flexibility index (Phi) is 4.64. The van der Waals surface area contributed by atoms with E-state index in [0.29, 0.717) is 12.5 Å². The average molecular weight is 290 g/mol. The lowest BCUT2D eigenvalue weighted by molar-refractivity contribution is -0.144. The number of alkyl halides is 3. The summed E-state index contributed by atoms with van der Waals surface area (Å²) in [6.07, 6.45) is -2.70. The fourth-order valence-corrected chi connectivity index (χ4v) is 2.01. The lowest BCUT2D eigenvalue weighted by Crippen LogP contribution is -2.16. The van der Waals surface area contributed by atoms with Gasteiger partial charge in [0.2, 0.25) is 5.82 Å². The van der Waals surface area contributed by atoms with E-state index >= 15 is 0 Å². The van der Waals surface area contributed by atoms with Crippen molar-refractivity contribution in [3.8, 4) is 0 Å². The van der Waals surface area contributed by atoms with Crippen molar-refractivity contribution in [1.29, 1.82) is 0 Å². The number of anilines is 2. The Hall–Kier alpha value is -1.57. The molecule has 1 atom stereocenters. The second kappa shape index (κ2) is 6.25. The first-order valence-corrected chi connectivity index (χ1v) is 6.44. The van der Waals surface area contributed by atoms with Crippen LogP contribution in [0, 0.1) is 5.92 Å². The molecule has 2 N–H and O–H groups in total. The molecule has 20 heavy (non-hydrogen) atoms. The van der Waals surface area contributed by atoms with Gasteiger partial charge in [0.1, 0.15) is 11.6 Å². The quantitative estimate of drug-likeness (QED) is 0.872. The molecule has 1 saturated heterocycles. The maximum Gasteiger partial charge on any atom is 0.451 e. The van der Waals surface area contributed by atoms with Gasteiger partial charge in [-0.1, -0.05) is 0 Å². The zero-order valence-corrected chi connectivity index (χ0v) is 11.1. The highest BCUT2D eigenvalue weighted by atomic mass is 19.4. The van der Waals surface area contributed by atoms with Crippen molar-refractivity contribution in [2.75, 3.05) is 37.4 Å². The van der Waals surface area contributed by atoms with Crippen LogP contribution >= 0.6 is 0 Å². The van der Waals surface area contributed by atoms with Crippen LogP contribution in [-0.4, -0.2) is 36.8 Å². The van der Waals surface area contributed by atoms with Crippen molar-refractivity contribution in [1.82, 2.24) is 9.97 Å². The van der Waals surface area contributed by atoms with Crippen molar-refractivity contribution in [3.63, 3.8) is 0 Å². The highest BCUT2D eigenvalue weighted by Crippen LogP contribution is 2.28. The Morgan fingerprint density at radius 3 is 2.70 bits per heavy atom. The molecule has 0 aromatic carbocycles. The Morgan fingerprint density at radius 2 is 2.10 bits per heavy atom. The summed E-state index contributed by atoms with van der Waals surface area (Å²) >= 11 is 0. The third-order valence-electron chi connectivity index (χ3n) is 3.12. The molecule has 8 heteroatoms. The third-order valence-corrected chi connectivity index (χ3v) is 3.12. The Labute approximate surface area is 114 Å². The molecule has 0 amide bonds. The van der Waals surface area contributed by atoms with Gasteiger partial charge in [0.05, 0.1) is 0 Å². The molecule has 0 aliphatic carbocycles. The van der Waals surface area contributed by atoms with Gasteiger partial charge in [0.15, 0.2) is 0 Å². The number of aromatic nitrogens is 2. The standard InChI is InChI=1S/C12H17F3N4O/c1-16-9-6-10(19-11(18-9)12(13,14)15)17-4-2-8-3-5-20-7-8/h6,8H,2-5,7H2,1H3,(H2,16,17,18,19). The van der Waals surface area contributed by atoms with Gasteiger partial charge in [-0.05, 0) is 18.8 Å². The molecular weight excluding hydrogens is 273 g/mol. The summed E-state index contributed by atoms with van der Waals surface area (Å²) in [5, 5.41) is 5.51. The van der Waals surface area contributed by atoms with Gasteiger partial charge in [-0.2, -0.15) is 13.2 Å². The van der Waals surface area contributed by atoms with Crippen LogP contribution in [0.25, 0.3) is 0 Å². The number of rotatable bonds is 5. The van der Waals surface area contributed by atoms with E-state index in [4.69, 9.17) is 4.74 Å². The van der Waals surface area contributed by atoms with Gasteiger partial charge < -0.3 is 15.4 Å². The number of ether oxygens (including phenoxy) is 1. The van der Waals surface area contributed by atoms with Crippen LogP contribution in [0.3, 0.4) is 0 Å². The largest absolute Gasteiger partial charge is 0.451 e. The van der Waals surface area contributed by atoms with Crippen LogP contribution in [0.2, 0.25) is 0 Å². The van der Waals surface area contributed by atoms with E-state index in [9.17, 15) is 13.2 Å². The summed E-state index contributed by atoms with van der Waals surface area (Å²) in [7, 11) is 1.52. The molecule has 1 aliphatic heterocycles. The summed E-state index contributed by atoms with van der Waals surface area (Å²) in [5.74, 6) is -0.360. The topological polar surface area (TPSA) is 59.1 Å². The zero-order valence-electron chi connectivity index (χ0n) is 11.1. The van der Waals surface area contributed by atoms with Gasteiger partial charge in [0, 0.05) is 32.9 Å². The first-order chi connectivity index (χ1) is 9.49. The van der Waals surface area contributed by atoms with Gasteiger partial charge >= 0.3 is 6.18 Å². The smallest absolute Gasteiger partial charge is 0.381 e. The predicted octanol–water partition coefficient (Wildman–Crippen LogP) is 2.38. The minimum atomic E-state index is -4.55. The summed E-state index contributed by atoms with van der Waals surface area (Å²) in [6, 6.07) is 1.46. The molecule has 1 aliphatic rings. The highest BCUT2D eigenvalue weighted by Gasteiger charge is 2.35. The molecular formula is C12H17F3N4O. The summed E-state index contributed by atoms with van der Waals surface area (Å²) in [6.45, 7) is 2.05. The van der Waals surface area contributed by atoms with Crippen molar-refractivity contribution >= 4 is 11.6 Å². The molecule has 112 valence electrons. The van der Waals surface area contributed by atoms with Crippen molar-refractivity contribution in [3.05, 3.63) is 11.9 Å². The summed E-state index contributed by atoms with van der Waals surface area (Å²) < 4.78 is 43.2. The monoisotopic (exact) mass is 290 g/mol. The number of nitrogens with zero attached hydrogens (tertiary/aromatic N) is 2. The van der Waals surface area contributed by atoms with E-state index in [1.54, 1.807) is 0 Å². The minimum Gasteiger partial charge on any atom is -0.381 e. The molecule has 0 spiro atoms. The first-order valence-electron chi connectivity index (χ1n) is 6.44. The van der Waals surface area contributed by atoms with Crippen LogP contribution in [0.15, 0.2) is 6.07 Å². The van der Waals surface area contributed by atoms with Crippen LogP contribution in [0.1, 0.15) is 18.7 Å². The fourth-order valence-electron chi connectivity index (χ4n) is 2.01. The normalized spacial score (nSPS) is 19.1. The SMILES string of the molecule is CNc1cc(NCCC2CCOC2)nc(C(F)(F)F)n1. The van der Waals surface area contributed by atoms with Crippen LogP contribution in [-0.2, 0) is 10.9 Å². The van der Waals surface area contributed by atoms with Crippen molar-refractivity contribution in [2.24, 2.45) is 5.92 Å². The maximum atomic E-state index is 12.7. The Balaban J connectivity index is 1.98. The first kappa shape index (κ1) is 14.8. The van der Waals surface area contributed by atoms with E-state index in [1.165, 1.54) is 13.1 Å². The Bertz CT molecular complexity index is 447. The van der Waals surface area contributed by atoms with Gasteiger partial charge in [-0.3, -0.25) is 0 Å². The molecule has 1 fully saturated rings. The van der Waals surface area contributed by atoms with Crippen LogP contribution in [0.5, 0.6) is 0 Å². The van der Waals surface area contributed by atoms with Gasteiger partial charge in [0.25, 0.3) is 0 Å². The predicted molar refractivity (Wildman–Crippen MR) is 68.6 cm³/mol. The molecule has 0 radical (unpaired) electrons. The molecule has 2 heterocycles. The zero-order chi connectivity index (χ0) is 14.6. The van der Waals surface area contributed by atoms with Gasteiger partial charge in [-0.15, -0.1) is 0 Å². The van der Waals surface area contributed by atoms with E-state index < -0.39 is 12.0 Å². The maximum absolute atomic E-state index is 12.7. The highest BCUT2D eigenvalue weighted by molar-refractivity contribution is 5.47. The van der Waals surface area contributed by atoms with Crippen LogP contribution in [0.4, 0.5) is 24.8 Å². The summed E-state index contributed by atoms with van der Waals surface area (Å²) in [5.41, 5.74) is 0. The number of hydrogen-bond acceptors (Lipinski definition) is 5. The minimum absolute atomic E-state index is 0.138. The second-order valence-electron chi connectivity index (χ2n) is 4.65. The molecule has 2 rings (SSSR count). The number of halogens is 3. The number of hydrogen-bond donors (Lipinski definition) is 2. The molecule has 0 saturated carbocycles. The van der Waals surface area contributed by atoms with E-state index in [-0.39, 0.29) is 11.6 Å². The lowest BCUT2D eigenvalue weighted by atomic mass is 10.1. The van der Waals surface area contributed by atoms with Gasteiger partial charge in [-0.25, -0.2) is 9.97 Å². The van der Waals surface area contributed by atoms with E-state index in [0.717, 1.165) is 26.1 Å². The molecule has 1 aromatic rings. The molecule has 0 bridgehead atoms. The van der Waals surface area contributed by atoms with E-state index in [1.807, 2.05) is 0 Å².